The highest BCUT2D eigenvalue weighted by molar-refractivity contribution is 8.00. The molecule has 166 valence electrons. The lowest BCUT2D eigenvalue weighted by Gasteiger charge is -2.49. The number of fused-ring (bicyclic) bond motifs is 1. The standard InChI is InChI=1S/C17H14N6O7S2/c1-30-22-8(5-3-31-17(19)20-5)13(26)21-9-14(27)23-2-4(16(28)29)12(32-15(9)23)6-7(18)11(25)10(6)24/h2-3,9,12,15H,18H2,1H3,(H2,19,20)(H,21,26)(H,28,29)/t9?,12?,15-/m1/s1. The number of nitrogens with one attached hydrogen (secondary N) is 1. The highest BCUT2D eigenvalue weighted by Gasteiger charge is 2.54. The van der Waals surface area contributed by atoms with Crippen LogP contribution in [0.1, 0.15) is 16.5 Å². The molecule has 15 heteroatoms. The van der Waals surface area contributed by atoms with Gasteiger partial charge in [0.2, 0.25) is 10.9 Å². The second-order valence-electron chi connectivity index (χ2n) is 6.67. The smallest absolute Gasteiger partial charge is 0.334 e. The maximum Gasteiger partial charge on any atom is 0.334 e. The fourth-order valence-corrected chi connectivity index (χ4v) is 5.45. The van der Waals surface area contributed by atoms with Gasteiger partial charge in [0.1, 0.15) is 24.2 Å². The van der Waals surface area contributed by atoms with Crippen molar-refractivity contribution in [3.8, 4) is 0 Å². The van der Waals surface area contributed by atoms with E-state index in [1.165, 1.54) is 12.5 Å². The zero-order valence-corrected chi connectivity index (χ0v) is 17.7. The number of anilines is 2. The minimum atomic E-state index is -1.37. The molecule has 0 bridgehead atoms. The summed E-state index contributed by atoms with van der Waals surface area (Å²) in [5, 5.41) is 15.5. The van der Waals surface area contributed by atoms with Crippen LogP contribution in [0.3, 0.4) is 0 Å². The van der Waals surface area contributed by atoms with E-state index < -0.39 is 45.3 Å². The van der Waals surface area contributed by atoms with Crippen LogP contribution >= 0.6 is 23.1 Å². The zero-order chi connectivity index (χ0) is 23.3. The Bertz CT molecular complexity index is 1290. The van der Waals surface area contributed by atoms with Crippen molar-refractivity contribution in [3.63, 3.8) is 0 Å². The molecule has 2 aromatic rings. The van der Waals surface area contributed by atoms with Crippen molar-refractivity contribution in [1.29, 1.82) is 0 Å². The van der Waals surface area contributed by atoms with Crippen LogP contribution in [0.15, 0.2) is 31.9 Å². The van der Waals surface area contributed by atoms with E-state index in [0.29, 0.717) is 0 Å². The number of aromatic nitrogens is 1. The Hall–Kier alpha value is -3.72. The first-order valence-electron chi connectivity index (χ1n) is 8.80. The number of hydrogen-bond acceptors (Lipinski definition) is 12. The van der Waals surface area contributed by atoms with Gasteiger partial charge in [-0.25, -0.2) is 9.78 Å². The first-order chi connectivity index (χ1) is 15.1. The number of nitrogens with two attached hydrogens (primary N) is 2. The van der Waals surface area contributed by atoms with E-state index in [1.54, 1.807) is 0 Å². The number of carbonyl (C=O) groups excluding carboxylic acids is 2. The second kappa shape index (κ2) is 7.76. The largest absolute Gasteiger partial charge is 0.478 e. The Kier molecular flexibility index (Phi) is 5.21. The maximum absolute atomic E-state index is 12.8. The van der Waals surface area contributed by atoms with Gasteiger partial charge in [0.25, 0.3) is 11.8 Å². The maximum atomic E-state index is 12.8. The lowest BCUT2D eigenvalue weighted by molar-refractivity contribution is -0.144. The van der Waals surface area contributed by atoms with Crippen molar-refractivity contribution in [3.05, 3.63) is 48.9 Å². The van der Waals surface area contributed by atoms with E-state index in [2.05, 4.69) is 20.3 Å². The number of amides is 2. The van der Waals surface area contributed by atoms with Gasteiger partial charge in [-0.05, 0) is 0 Å². The molecule has 13 nitrogen and oxygen atoms in total. The summed E-state index contributed by atoms with van der Waals surface area (Å²) >= 11 is 2.00. The fraction of sp³-hybridized carbons (Fsp3) is 0.235. The molecule has 3 atom stereocenters. The van der Waals surface area contributed by atoms with E-state index in [4.69, 9.17) is 11.5 Å². The van der Waals surface area contributed by atoms with Crippen LogP contribution in [0.4, 0.5) is 10.8 Å². The molecule has 4 rings (SSSR count). The molecule has 1 fully saturated rings. The van der Waals surface area contributed by atoms with Crippen molar-refractivity contribution in [2.75, 3.05) is 18.6 Å². The van der Waals surface area contributed by atoms with Crippen LogP contribution in [0.2, 0.25) is 0 Å². The number of oxime groups is 1. The molecule has 32 heavy (non-hydrogen) atoms. The molecule has 2 unspecified atom stereocenters. The summed E-state index contributed by atoms with van der Waals surface area (Å²) < 4.78 is 0. The molecular formula is C17H14N6O7S2. The normalized spacial score (nSPS) is 22.7. The number of carbonyl (C=O) groups is 3. The predicted octanol–water partition coefficient (Wildman–Crippen LogP) is -1.64. The molecule has 2 amide bonds. The molecule has 1 aromatic carbocycles. The van der Waals surface area contributed by atoms with Crippen molar-refractivity contribution in [2.45, 2.75) is 16.7 Å². The zero-order valence-electron chi connectivity index (χ0n) is 16.1. The Labute approximate surface area is 186 Å². The molecule has 2 aliphatic heterocycles. The van der Waals surface area contributed by atoms with Crippen LogP contribution in [-0.2, 0) is 19.2 Å². The van der Waals surface area contributed by atoms with Gasteiger partial charge in [0.15, 0.2) is 10.8 Å². The van der Waals surface area contributed by atoms with Gasteiger partial charge in [-0.1, -0.05) is 5.16 Å². The average molecular weight is 478 g/mol. The number of aliphatic carboxylic acids is 1. The van der Waals surface area contributed by atoms with Gasteiger partial charge >= 0.3 is 5.97 Å². The Morgan fingerprint density at radius 3 is 2.56 bits per heavy atom. The molecule has 1 saturated heterocycles. The molecule has 0 saturated carbocycles. The summed E-state index contributed by atoms with van der Waals surface area (Å²) in [7, 11) is 1.23. The van der Waals surface area contributed by atoms with Crippen molar-refractivity contribution in [1.82, 2.24) is 15.2 Å². The quantitative estimate of drug-likeness (QED) is 0.160. The Morgan fingerprint density at radius 1 is 1.28 bits per heavy atom. The summed E-state index contributed by atoms with van der Waals surface area (Å²) in [6.45, 7) is 0. The Morgan fingerprint density at radius 2 is 2.00 bits per heavy atom. The highest BCUT2D eigenvalue weighted by Crippen LogP contribution is 2.48. The summed E-state index contributed by atoms with van der Waals surface area (Å²) in [5.41, 5.74) is 8.66. The lowest BCUT2D eigenvalue weighted by Crippen LogP contribution is -2.69. The minimum absolute atomic E-state index is 0.127. The average Bonchev–Trinajstić information content (AvgIpc) is 3.20. The first-order valence-corrected chi connectivity index (χ1v) is 10.6. The van der Waals surface area contributed by atoms with Crippen molar-refractivity contribution >= 4 is 57.4 Å². The fourth-order valence-electron chi connectivity index (χ4n) is 3.31. The number of hydrogen-bond donors (Lipinski definition) is 4. The van der Waals surface area contributed by atoms with E-state index in [-0.39, 0.29) is 33.4 Å². The number of carboxylic acid groups (broad SMARTS) is 1. The van der Waals surface area contributed by atoms with Gasteiger partial charge in [-0.15, -0.1) is 23.1 Å². The molecule has 2 aliphatic rings. The molecule has 6 N–H and O–H groups in total. The highest BCUT2D eigenvalue weighted by atomic mass is 32.2. The van der Waals surface area contributed by atoms with Crippen molar-refractivity contribution < 1.29 is 24.3 Å². The number of thioether (sulfide) groups is 1. The monoisotopic (exact) mass is 478 g/mol. The first kappa shape index (κ1) is 21.5. The van der Waals surface area contributed by atoms with Gasteiger partial charge in [0.05, 0.1) is 16.5 Å². The van der Waals surface area contributed by atoms with Gasteiger partial charge < -0.3 is 31.6 Å². The van der Waals surface area contributed by atoms with Gasteiger partial charge in [0, 0.05) is 17.1 Å². The van der Waals surface area contributed by atoms with Gasteiger partial charge in [-0.2, -0.15) is 0 Å². The SMILES string of the molecule is CON=C(C(=O)NC1C(=O)N2C=C(C(=O)O)C(c3c(N)c(=O)c3=O)S[C@H]12)c1csc(N)n1. The van der Waals surface area contributed by atoms with Crippen LogP contribution < -0.4 is 27.6 Å². The second-order valence-corrected chi connectivity index (χ2v) is 8.79. The molecular weight excluding hydrogens is 464 g/mol. The topological polar surface area (TPSA) is 207 Å². The summed E-state index contributed by atoms with van der Waals surface area (Å²) in [6.07, 6.45) is 1.08. The number of nitrogens with zero attached hydrogens (tertiary/aromatic N) is 3. The predicted molar refractivity (Wildman–Crippen MR) is 114 cm³/mol. The van der Waals surface area contributed by atoms with Gasteiger partial charge in [-0.3, -0.25) is 19.2 Å². The summed E-state index contributed by atoms with van der Waals surface area (Å²) in [6, 6.07) is -1.06. The summed E-state index contributed by atoms with van der Waals surface area (Å²) in [4.78, 5) is 70.3. The number of β-lactam (4-membered cyclic amide) rings is 1. The summed E-state index contributed by atoms with van der Waals surface area (Å²) in [5.74, 6) is -2.71. The van der Waals surface area contributed by atoms with Crippen molar-refractivity contribution in [2.24, 2.45) is 5.16 Å². The number of thiazole rings is 1. The molecule has 1 aromatic heterocycles. The minimum Gasteiger partial charge on any atom is -0.478 e. The third-order valence-corrected chi connectivity index (χ3v) is 7.07. The Balaban J connectivity index is 1.60. The molecule has 0 aliphatic carbocycles. The van der Waals surface area contributed by atoms with Crippen LogP contribution in [0.25, 0.3) is 0 Å². The third kappa shape index (κ3) is 3.21. The van der Waals surface area contributed by atoms with Crippen LogP contribution in [-0.4, -0.2) is 57.0 Å². The van der Waals surface area contributed by atoms with Crippen LogP contribution in [0, 0.1) is 0 Å². The third-order valence-electron chi connectivity index (χ3n) is 4.86. The molecule has 0 spiro atoms. The molecule has 3 heterocycles. The van der Waals surface area contributed by atoms with E-state index in [9.17, 15) is 29.1 Å². The number of nitrogen functional groups attached to an aromatic ring is 2. The van der Waals surface area contributed by atoms with E-state index >= 15 is 0 Å². The lowest BCUT2D eigenvalue weighted by atomic mass is 9.97. The number of rotatable bonds is 6. The molecule has 0 radical (unpaired) electrons. The van der Waals surface area contributed by atoms with E-state index in [1.807, 2.05) is 0 Å². The van der Waals surface area contributed by atoms with E-state index in [0.717, 1.165) is 34.2 Å². The number of carboxylic acids is 1. The van der Waals surface area contributed by atoms with Crippen LogP contribution in [0.5, 0.6) is 0 Å².